The minimum Gasteiger partial charge on any atom is -0.496 e. The molecule has 0 fully saturated rings. The number of methoxy groups -OCH3 is 1. The number of thiophene rings is 1. The summed E-state index contributed by atoms with van der Waals surface area (Å²) in [5.74, 6) is 0.282. The number of fused-ring (bicyclic) bond motifs is 1. The van der Waals surface area contributed by atoms with Crippen LogP contribution in [-0.2, 0) is 23.3 Å². The van der Waals surface area contributed by atoms with Crippen LogP contribution in [0.5, 0.6) is 5.75 Å². The minimum absolute atomic E-state index is 0.0660. The lowest BCUT2D eigenvalue weighted by Crippen LogP contribution is -2.56. The summed E-state index contributed by atoms with van der Waals surface area (Å²) >= 11 is 4.76. The van der Waals surface area contributed by atoms with Gasteiger partial charge in [0.25, 0.3) is 5.56 Å². The van der Waals surface area contributed by atoms with E-state index in [9.17, 15) is 14.4 Å². The minimum atomic E-state index is -1.43. The quantitative estimate of drug-likeness (QED) is 0.268. The maximum Gasteiger partial charge on any atom is 0.333 e. The van der Waals surface area contributed by atoms with Crippen molar-refractivity contribution in [1.29, 1.82) is 5.26 Å². The summed E-state index contributed by atoms with van der Waals surface area (Å²) in [6, 6.07) is 7.47. The molecule has 0 atom stereocenters. The highest BCUT2D eigenvalue weighted by Crippen LogP contribution is 2.31. The number of aliphatic hydroxyl groups is 1. The summed E-state index contributed by atoms with van der Waals surface area (Å²) < 4.78 is 9.02. The fraction of sp³-hybridized carbons (Fsp3) is 0.467. The van der Waals surface area contributed by atoms with E-state index in [2.05, 4.69) is 31.4 Å². The van der Waals surface area contributed by atoms with Crippen molar-refractivity contribution in [3.63, 3.8) is 0 Å². The van der Waals surface area contributed by atoms with E-state index < -0.39 is 28.1 Å². The molecule has 0 saturated carbocycles. The number of ether oxygens (including phenoxy) is 1. The van der Waals surface area contributed by atoms with Crippen LogP contribution in [0.1, 0.15) is 52.7 Å². The molecule has 0 unspecified atom stereocenters. The van der Waals surface area contributed by atoms with Crippen molar-refractivity contribution in [2.24, 2.45) is 5.41 Å². The molecule has 44 heavy (non-hydrogen) atoms. The van der Waals surface area contributed by atoms with E-state index >= 15 is 0 Å². The Morgan fingerprint density at radius 1 is 1.20 bits per heavy atom. The second-order valence-electron chi connectivity index (χ2n) is 11.7. The number of hydrogen-bond donors (Lipinski definition) is 2. The van der Waals surface area contributed by atoms with Gasteiger partial charge in [-0.15, -0.1) is 4.80 Å². The smallest absolute Gasteiger partial charge is 0.333 e. The number of hydrogen-bond acceptors (Lipinski definition) is 9. The normalized spacial score (nSPS) is 11.7. The van der Waals surface area contributed by atoms with Crippen LogP contribution in [0.4, 0.5) is 0 Å². The highest BCUT2D eigenvalue weighted by Gasteiger charge is 2.35. The summed E-state index contributed by atoms with van der Waals surface area (Å²) in [6.07, 6.45) is 3.56. The molecule has 14 heteroatoms. The third-order valence-corrected chi connectivity index (χ3v) is 8.64. The number of rotatable bonds is 9. The lowest BCUT2D eigenvalue weighted by atomic mass is 9.98. The van der Waals surface area contributed by atoms with E-state index in [0.29, 0.717) is 33.0 Å². The number of nitrogens with one attached hydrogen (secondary N) is 1. The third kappa shape index (κ3) is 7.28. The van der Waals surface area contributed by atoms with Gasteiger partial charge in [0.05, 0.1) is 43.0 Å². The molecular formula is C30H38BrN7O5S. The molecule has 0 aliphatic carbocycles. The van der Waals surface area contributed by atoms with Crippen LogP contribution in [-0.4, -0.2) is 54.9 Å². The molecule has 0 radical (unpaired) electrons. The molecule has 1 amide bonds. The predicted molar refractivity (Wildman–Crippen MR) is 173 cm³/mol. The van der Waals surface area contributed by atoms with Crippen molar-refractivity contribution in [2.45, 2.75) is 73.0 Å². The van der Waals surface area contributed by atoms with Gasteiger partial charge in [0.1, 0.15) is 21.1 Å². The van der Waals surface area contributed by atoms with Gasteiger partial charge in [-0.3, -0.25) is 14.2 Å². The van der Waals surface area contributed by atoms with Crippen LogP contribution in [0.25, 0.3) is 15.2 Å². The molecule has 3 heterocycles. The van der Waals surface area contributed by atoms with Crippen molar-refractivity contribution in [1.82, 2.24) is 29.4 Å². The average Bonchev–Trinajstić information content (AvgIpc) is 3.61. The van der Waals surface area contributed by atoms with Gasteiger partial charge in [-0.05, 0) is 78.6 Å². The Balaban J connectivity index is 0.000000676. The SMILES string of the molecule is CC(C)(C#N)CO.COc1ccc(Br)cc1CCn1c(=O)n(C(C)(C)C(=O)NC(C)C)c(=O)c2c(C)c(-n3nccn3)sc21. The number of nitriles is 1. The van der Waals surface area contributed by atoms with Crippen LogP contribution in [0, 0.1) is 23.7 Å². The fourth-order valence-electron chi connectivity index (χ4n) is 4.29. The number of halogens is 1. The van der Waals surface area contributed by atoms with E-state index in [4.69, 9.17) is 15.1 Å². The van der Waals surface area contributed by atoms with Gasteiger partial charge in [0, 0.05) is 22.6 Å². The molecule has 1 aromatic carbocycles. The van der Waals surface area contributed by atoms with Crippen molar-refractivity contribution in [3.8, 4) is 16.8 Å². The molecule has 0 aliphatic heterocycles. The molecule has 0 spiro atoms. The van der Waals surface area contributed by atoms with Crippen LogP contribution in [0.15, 0.2) is 44.7 Å². The molecular weight excluding hydrogens is 650 g/mol. The van der Waals surface area contributed by atoms with Crippen LogP contribution in [0.2, 0.25) is 0 Å². The molecule has 0 saturated heterocycles. The zero-order valence-electron chi connectivity index (χ0n) is 26.1. The maximum absolute atomic E-state index is 14.0. The summed E-state index contributed by atoms with van der Waals surface area (Å²) in [7, 11) is 1.60. The summed E-state index contributed by atoms with van der Waals surface area (Å²) in [5, 5.41) is 28.8. The maximum atomic E-state index is 14.0. The Morgan fingerprint density at radius 2 is 1.84 bits per heavy atom. The summed E-state index contributed by atoms with van der Waals surface area (Å²) in [4.78, 5) is 42.9. The third-order valence-electron chi connectivity index (χ3n) is 6.87. The number of aliphatic hydroxyl groups excluding tert-OH is 1. The summed E-state index contributed by atoms with van der Waals surface area (Å²) in [5.41, 5.74) is -1.53. The number of aromatic nitrogens is 5. The highest BCUT2D eigenvalue weighted by atomic mass is 79.9. The topological polar surface area (TPSA) is 157 Å². The van der Waals surface area contributed by atoms with Gasteiger partial charge in [-0.1, -0.05) is 27.3 Å². The van der Waals surface area contributed by atoms with Gasteiger partial charge in [0.15, 0.2) is 0 Å². The Labute approximate surface area is 268 Å². The molecule has 0 bridgehead atoms. The lowest BCUT2D eigenvalue weighted by Gasteiger charge is -2.27. The Bertz CT molecular complexity index is 1800. The standard InChI is InChI=1S/C25H29BrN6O4S.C5H9NO/c1-14(2)29-23(34)25(4,5)31-20(33)19-15(3)21(32-27-10-11-28-32)37-22(19)30(24(31)35)12-9-16-13-17(26)7-8-18(16)36-6;1-5(2,3-6)4-7/h7-8,10-11,13-14H,9,12H2,1-6H3,(H,29,34);7H,4H2,1-2H3. The number of nitrogens with zero attached hydrogens (tertiary/aromatic N) is 6. The van der Waals surface area contributed by atoms with E-state index in [1.807, 2.05) is 38.1 Å². The van der Waals surface area contributed by atoms with Gasteiger partial charge in [-0.25, -0.2) is 9.36 Å². The predicted octanol–water partition coefficient (Wildman–Crippen LogP) is 3.92. The van der Waals surface area contributed by atoms with E-state index in [0.717, 1.165) is 14.6 Å². The molecule has 12 nitrogen and oxygen atoms in total. The van der Waals surface area contributed by atoms with E-state index in [1.54, 1.807) is 58.7 Å². The first kappa shape index (κ1) is 34.7. The van der Waals surface area contributed by atoms with Crippen molar-refractivity contribution >= 4 is 43.4 Å². The molecule has 4 rings (SSSR count). The fourth-order valence-corrected chi connectivity index (χ4v) is 5.93. The zero-order valence-corrected chi connectivity index (χ0v) is 28.5. The molecule has 2 N–H and O–H groups in total. The van der Waals surface area contributed by atoms with Crippen molar-refractivity contribution < 1.29 is 14.6 Å². The largest absolute Gasteiger partial charge is 0.496 e. The first-order valence-electron chi connectivity index (χ1n) is 13.9. The number of benzene rings is 1. The number of aryl methyl sites for hydroxylation is 3. The molecule has 236 valence electrons. The second-order valence-corrected chi connectivity index (χ2v) is 13.5. The number of carbonyl (C=O) groups excluding carboxylic acids is 1. The van der Waals surface area contributed by atoms with Gasteiger partial charge < -0.3 is 15.2 Å². The first-order chi connectivity index (χ1) is 20.6. The number of amides is 1. The monoisotopic (exact) mass is 687 g/mol. The van der Waals surface area contributed by atoms with Gasteiger partial charge >= 0.3 is 5.69 Å². The first-order valence-corrected chi connectivity index (χ1v) is 15.5. The second kappa shape index (κ2) is 13.9. The Morgan fingerprint density at radius 3 is 2.36 bits per heavy atom. The van der Waals surface area contributed by atoms with Gasteiger partial charge in [-0.2, -0.15) is 15.5 Å². The molecule has 4 aromatic rings. The van der Waals surface area contributed by atoms with Crippen LogP contribution < -0.4 is 21.3 Å². The van der Waals surface area contributed by atoms with E-state index in [-0.39, 0.29) is 19.2 Å². The average molecular weight is 689 g/mol. The van der Waals surface area contributed by atoms with Crippen molar-refractivity contribution in [3.05, 3.63) is 67.0 Å². The van der Waals surface area contributed by atoms with Gasteiger partial charge in [0.2, 0.25) is 5.91 Å². The van der Waals surface area contributed by atoms with E-state index in [1.165, 1.54) is 16.1 Å². The zero-order chi connectivity index (χ0) is 33.0. The summed E-state index contributed by atoms with van der Waals surface area (Å²) in [6.45, 7) is 12.2. The van der Waals surface area contributed by atoms with Crippen LogP contribution >= 0.6 is 27.3 Å². The number of carbonyl (C=O) groups is 1. The van der Waals surface area contributed by atoms with Crippen molar-refractivity contribution in [2.75, 3.05) is 13.7 Å². The Kier molecular flexibility index (Phi) is 10.9. The lowest BCUT2D eigenvalue weighted by molar-refractivity contribution is -0.129. The highest BCUT2D eigenvalue weighted by molar-refractivity contribution is 9.10. The Hall–Kier alpha value is -3.80. The molecule has 0 aliphatic rings. The van der Waals surface area contributed by atoms with Crippen LogP contribution in [0.3, 0.4) is 0 Å². The molecule has 3 aromatic heterocycles.